The molecule has 2 N–H and O–H groups in total. The Labute approximate surface area is 130 Å². The molecule has 1 atom stereocenters. The lowest BCUT2D eigenvalue weighted by atomic mass is 10.1. The number of methoxy groups -OCH3 is 1. The van der Waals surface area contributed by atoms with Crippen LogP contribution in [0.5, 0.6) is 5.75 Å². The lowest BCUT2D eigenvalue weighted by Gasteiger charge is -2.11. The number of esters is 1. The van der Waals surface area contributed by atoms with Crippen LogP contribution < -0.4 is 10.5 Å². The highest BCUT2D eigenvalue weighted by atomic mass is 35.5. The van der Waals surface area contributed by atoms with Gasteiger partial charge in [-0.25, -0.2) is 0 Å². The van der Waals surface area contributed by atoms with Crippen LogP contribution in [0, 0.1) is 0 Å². The SMILES string of the molecule is COC(=O)[C@@H](N)c1ccc(OCc2ccccc2)cc1.Cl. The van der Waals surface area contributed by atoms with Crippen molar-refractivity contribution in [3.05, 3.63) is 65.7 Å². The van der Waals surface area contributed by atoms with E-state index in [2.05, 4.69) is 4.74 Å². The molecule has 4 nitrogen and oxygen atoms in total. The molecule has 0 bridgehead atoms. The van der Waals surface area contributed by atoms with Crippen molar-refractivity contribution in [2.24, 2.45) is 5.73 Å². The standard InChI is InChI=1S/C16H17NO3.ClH/c1-19-16(18)15(17)13-7-9-14(10-8-13)20-11-12-5-3-2-4-6-12;/h2-10,15H,11,17H2,1H3;1H/t15-;/m0./s1. The summed E-state index contributed by atoms with van der Waals surface area (Å²) in [5, 5.41) is 0. The zero-order valence-corrected chi connectivity index (χ0v) is 12.5. The molecule has 5 heteroatoms. The molecule has 0 fully saturated rings. The molecule has 0 aliphatic heterocycles. The maximum absolute atomic E-state index is 11.3. The van der Waals surface area contributed by atoms with Gasteiger partial charge in [0.25, 0.3) is 0 Å². The summed E-state index contributed by atoms with van der Waals surface area (Å²) in [5.41, 5.74) is 7.55. The molecular formula is C16H18ClNO3. The van der Waals surface area contributed by atoms with E-state index < -0.39 is 12.0 Å². The van der Waals surface area contributed by atoms with E-state index in [1.165, 1.54) is 7.11 Å². The zero-order chi connectivity index (χ0) is 14.4. The number of rotatable bonds is 5. The van der Waals surface area contributed by atoms with Crippen LogP contribution in [0.4, 0.5) is 0 Å². The van der Waals surface area contributed by atoms with Gasteiger partial charge in [0.05, 0.1) is 7.11 Å². The van der Waals surface area contributed by atoms with Crippen molar-refractivity contribution in [1.82, 2.24) is 0 Å². The molecule has 0 aliphatic carbocycles. The highest BCUT2D eigenvalue weighted by molar-refractivity contribution is 5.85. The summed E-state index contributed by atoms with van der Waals surface area (Å²) in [6.07, 6.45) is 0. The van der Waals surface area contributed by atoms with E-state index in [9.17, 15) is 4.79 Å². The summed E-state index contributed by atoms with van der Waals surface area (Å²) < 4.78 is 10.3. The van der Waals surface area contributed by atoms with E-state index in [-0.39, 0.29) is 12.4 Å². The summed E-state index contributed by atoms with van der Waals surface area (Å²) in [7, 11) is 1.32. The number of hydrogen-bond donors (Lipinski definition) is 1. The van der Waals surface area contributed by atoms with Crippen molar-refractivity contribution >= 4 is 18.4 Å². The molecule has 0 aromatic heterocycles. The fourth-order valence-corrected chi connectivity index (χ4v) is 1.78. The molecule has 0 amide bonds. The molecular weight excluding hydrogens is 290 g/mol. The van der Waals surface area contributed by atoms with E-state index >= 15 is 0 Å². The zero-order valence-electron chi connectivity index (χ0n) is 11.7. The van der Waals surface area contributed by atoms with Crippen LogP contribution in [0.1, 0.15) is 17.2 Å². The normalized spacial score (nSPS) is 11.1. The van der Waals surface area contributed by atoms with Gasteiger partial charge < -0.3 is 15.2 Å². The number of halogens is 1. The highest BCUT2D eigenvalue weighted by Crippen LogP contribution is 2.18. The van der Waals surface area contributed by atoms with Gasteiger partial charge in [0.2, 0.25) is 0 Å². The molecule has 21 heavy (non-hydrogen) atoms. The van der Waals surface area contributed by atoms with Gasteiger partial charge in [-0.3, -0.25) is 4.79 Å². The number of nitrogens with two attached hydrogens (primary N) is 1. The third-order valence-corrected chi connectivity index (χ3v) is 2.94. The second-order valence-electron chi connectivity index (χ2n) is 4.34. The van der Waals surface area contributed by atoms with Crippen LogP contribution in [-0.4, -0.2) is 13.1 Å². The Balaban J connectivity index is 0.00000220. The summed E-state index contributed by atoms with van der Waals surface area (Å²) >= 11 is 0. The summed E-state index contributed by atoms with van der Waals surface area (Å²) in [5.74, 6) is 0.276. The number of carbonyl (C=O) groups excluding carboxylic acids is 1. The summed E-state index contributed by atoms with van der Waals surface area (Å²) in [4.78, 5) is 11.3. The van der Waals surface area contributed by atoms with Crippen LogP contribution >= 0.6 is 12.4 Å². The molecule has 0 heterocycles. The molecule has 0 radical (unpaired) electrons. The average molecular weight is 308 g/mol. The largest absolute Gasteiger partial charge is 0.489 e. The van der Waals surface area contributed by atoms with Gasteiger partial charge in [-0.15, -0.1) is 12.4 Å². The molecule has 0 spiro atoms. The Kier molecular flexibility index (Phi) is 6.72. The minimum absolute atomic E-state index is 0. The second kappa shape index (κ2) is 8.29. The van der Waals surface area contributed by atoms with E-state index in [1.54, 1.807) is 24.3 Å². The van der Waals surface area contributed by atoms with Crippen molar-refractivity contribution in [2.45, 2.75) is 12.6 Å². The number of ether oxygens (including phenoxy) is 2. The highest BCUT2D eigenvalue weighted by Gasteiger charge is 2.15. The van der Waals surface area contributed by atoms with Crippen LogP contribution in [0.2, 0.25) is 0 Å². The first-order valence-corrected chi connectivity index (χ1v) is 6.31. The maximum Gasteiger partial charge on any atom is 0.327 e. The molecule has 0 saturated carbocycles. The predicted molar refractivity (Wildman–Crippen MR) is 83.4 cm³/mol. The van der Waals surface area contributed by atoms with Crippen molar-refractivity contribution in [3.8, 4) is 5.75 Å². The minimum atomic E-state index is -0.761. The Bertz CT molecular complexity index is 557. The van der Waals surface area contributed by atoms with Gasteiger partial charge in [-0.2, -0.15) is 0 Å². The fourth-order valence-electron chi connectivity index (χ4n) is 1.78. The third kappa shape index (κ3) is 4.77. The van der Waals surface area contributed by atoms with Crippen molar-refractivity contribution in [3.63, 3.8) is 0 Å². The number of carbonyl (C=O) groups is 1. The summed E-state index contributed by atoms with van der Waals surface area (Å²) in [6, 6.07) is 16.3. The maximum atomic E-state index is 11.3. The molecule has 0 saturated heterocycles. The van der Waals surface area contributed by atoms with Crippen molar-refractivity contribution < 1.29 is 14.3 Å². The van der Waals surface area contributed by atoms with Gasteiger partial charge in [0.15, 0.2) is 0 Å². The van der Waals surface area contributed by atoms with E-state index in [0.29, 0.717) is 12.2 Å². The lowest BCUT2D eigenvalue weighted by molar-refractivity contribution is -0.142. The fraction of sp³-hybridized carbons (Fsp3) is 0.188. The average Bonchev–Trinajstić information content (AvgIpc) is 2.53. The molecule has 0 aliphatic rings. The molecule has 2 aromatic carbocycles. The van der Waals surface area contributed by atoms with E-state index in [4.69, 9.17) is 10.5 Å². The molecule has 2 aromatic rings. The molecule has 0 unspecified atom stereocenters. The Morgan fingerprint density at radius 3 is 2.29 bits per heavy atom. The minimum Gasteiger partial charge on any atom is -0.489 e. The van der Waals surface area contributed by atoms with Crippen LogP contribution in [0.3, 0.4) is 0 Å². The molecule has 2 rings (SSSR count). The Morgan fingerprint density at radius 2 is 1.71 bits per heavy atom. The number of benzene rings is 2. The van der Waals surface area contributed by atoms with Crippen molar-refractivity contribution in [1.29, 1.82) is 0 Å². The first-order chi connectivity index (χ1) is 9.70. The molecule has 112 valence electrons. The van der Waals surface area contributed by atoms with Gasteiger partial charge in [0, 0.05) is 0 Å². The Morgan fingerprint density at radius 1 is 1.10 bits per heavy atom. The Hall–Kier alpha value is -2.04. The van der Waals surface area contributed by atoms with Crippen LogP contribution in [0.15, 0.2) is 54.6 Å². The summed E-state index contributed by atoms with van der Waals surface area (Å²) in [6.45, 7) is 0.503. The van der Waals surface area contributed by atoms with Crippen molar-refractivity contribution in [2.75, 3.05) is 7.11 Å². The van der Waals surface area contributed by atoms with E-state index in [0.717, 1.165) is 11.3 Å². The quantitative estimate of drug-likeness (QED) is 0.863. The lowest BCUT2D eigenvalue weighted by Crippen LogP contribution is -2.22. The van der Waals surface area contributed by atoms with E-state index in [1.807, 2.05) is 30.3 Å². The number of hydrogen-bond acceptors (Lipinski definition) is 4. The smallest absolute Gasteiger partial charge is 0.327 e. The second-order valence-corrected chi connectivity index (χ2v) is 4.34. The predicted octanol–water partition coefficient (Wildman–Crippen LogP) is 2.86. The monoisotopic (exact) mass is 307 g/mol. The van der Waals surface area contributed by atoms with Gasteiger partial charge in [-0.05, 0) is 23.3 Å². The van der Waals surface area contributed by atoms with Crippen LogP contribution in [-0.2, 0) is 16.1 Å². The van der Waals surface area contributed by atoms with Gasteiger partial charge in [-0.1, -0.05) is 42.5 Å². The topological polar surface area (TPSA) is 61.5 Å². The first kappa shape index (κ1) is 17.0. The first-order valence-electron chi connectivity index (χ1n) is 6.31. The van der Waals surface area contributed by atoms with Crippen LogP contribution in [0.25, 0.3) is 0 Å². The third-order valence-electron chi connectivity index (χ3n) is 2.94. The van der Waals surface area contributed by atoms with Gasteiger partial charge >= 0.3 is 5.97 Å². The van der Waals surface area contributed by atoms with Gasteiger partial charge in [0.1, 0.15) is 18.4 Å².